The highest BCUT2D eigenvalue weighted by Gasteiger charge is 2.39. The third kappa shape index (κ3) is 2.73. The number of hydrogen-bond acceptors (Lipinski definition) is 5. The number of hydrogen-bond donors (Lipinski definition) is 1. The Morgan fingerprint density at radius 1 is 1.43 bits per heavy atom. The van der Waals surface area contributed by atoms with E-state index in [-0.39, 0.29) is 24.0 Å². The molecule has 7 heteroatoms. The van der Waals surface area contributed by atoms with Crippen LogP contribution in [0.1, 0.15) is 32.0 Å². The van der Waals surface area contributed by atoms with Crippen molar-refractivity contribution in [1.29, 1.82) is 0 Å². The van der Waals surface area contributed by atoms with Crippen LogP contribution in [-0.2, 0) is 5.54 Å². The van der Waals surface area contributed by atoms with Crippen LogP contribution in [0.2, 0.25) is 0 Å². The molecule has 1 aliphatic carbocycles. The number of benzene rings is 1. The SMILES string of the molecule is CCOc1c(F)cccc1-c1nc(C2(N)CCC2)no1.Cl. The number of rotatable bonds is 4. The normalized spacial score (nSPS) is 16.0. The van der Waals surface area contributed by atoms with E-state index in [0.717, 1.165) is 19.3 Å². The molecule has 0 spiro atoms. The summed E-state index contributed by atoms with van der Waals surface area (Å²) in [6, 6.07) is 4.61. The Hall–Kier alpha value is -1.66. The minimum Gasteiger partial charge on any atom is -0.490 e. The van der Waals surface area contributed by atoms with E-state index in [9.17, 15) is 4.39 Å². The predicted molar refractivity (Wildman–Crippen MR) is 77.8 cm³/mol. The summed E-state index contributed by atoms with van der Waals surface area (Å²) < 4.78 is 24.4. The van der Waals surface area contributed by atoms with Crippen molar-refractivity contribution in [1.82, 2.24) is 10.1 Å². The Kier molecular flexibility index (Phi) is 4.49. The van der Waals surface area contributed by atoms with Gasteiger partial charge in [-0.15, -0.1) is 12.4 Å². The first kappa shape index (κ1) is 15.7. The summed E-state index contributed by atoms with van der Waals surface area (Å²) in [7, 11) is 0. The van der Waals surface area contributed by atoms with E-state index < -0.39 is 11.4 Å². The fourth-order valence-electron chi connectivity index (χ4n) is 2.28. The summed E-state index contributed by atoms with van der Waals surface area (Å²) in [5.41, 5.74) is 6.11. The van der Waals surface area contributed by atoms with Crippen molar-refractivity contribution >= 4 is 12.4 Å². The van der Waals surface area contributed by atoms with E-state index in [1.165, 1.54) is 6.07 Å². The summed E-state index contributed by atoms with van der Waals surface area (Å²) in [6.45, 7) is 2.15. The number of para-hydroxylation sites is 1. The maximum atomic E-state index is 13.8. The molecular weight excluding hydrogens is 297 g/mol. The monoisotopic (exact) mass is 313 g/mol. The van der Waals surface area contributed by atoms with Crippen LogP contribution in [0.25, 0.3) is 11.5 Å². The van der Waals surface area contributed by atoms with Crippen molar-refractivity contribution in [3.8, 4) is 17.2 Å². The zero-order chi connectivity index (χ0) is 14.2. The summed E-state index contributed by atoms with van der Waals surface area (Å²) in [6.07, 6.45) is 2.74. The van der Waals surface area contributed by atoms with Crippen LogP contribution < -0.4 is 10.5 Å². The van der Waals surface area contributed by atoms with Crippen molar-refractivity contribution < 1.29 is 13.7 Å². The van der Waals surface area contributed by atoms with Gasteiger partial charge < -0.3 is 15.0 Å². The standard InChI is InChI=1S/C14H16FN3O2.ClH/c1-2-19-11-9(5-3-6-10(11)15)12-17-13(18-20-12)14(16)7-4-8-14;/h3,5-6H,2,4,7-8,16H2,1H3;1H. The molecule has 0 aliphatic heterocycles. The lowest BCUT2D eigenvalue weighted by Crippen LogP contribution is -2.44. The Morgan fingerprint density at radius 3 is 2.81 bits per heavy atom. The summed E-state index contributed by atoms with van der Waals surface area (Å²) >= 11 is 0. The first-order chi connectivity index (χ1) is 9.64. The van der Waals surface area contributed by atoms with Gasteiger partial charge in [-0.2, -0.15) is 4.98 Å². The van der Waals surface area contributed by atoms with Crippen LogP contribution in [0.3, 0.4) is 0 Å². The molecule has 21 heavy (non-hydrogen) atoms. The van der Waals surface area contributed by atoms with E-state index in [0.29, 0.717) is 18.0 Å². The molecule has 0 unspecified atom stereocenters. The lowest BCUT2D eigenvalue weighted by atomic mass is 9.77. The smallest absolute Gasteiger partial charge is 0.261 e. The van der Waals surface area contributed by atoms with Gasteiger partial charge in [0.15, 0.2) is 17.4 Å². The summed E-state index contributed by atoms with van der Waals surface area (Å²) in [4.78, 5) is 4.31. The highest BCUT2D eigenvalue weighted by Crippen LogP contribution is 2.39. The van der Waals surface area contributed by atoms with Gasteiger partial charge in [0.25, 0.3) is 5.89 Å². The minimum atomic E-state index is -0.499. The maximum Gasteiger partial charge on any atom is 0.261 e. The van der Waals surface area contributed by atoms with Crippen LogP contribution in [0, 0.1) is 5.82 Å². The Bertz CT molecular complexity index is 628. The van der Waals surface area contributed by atoms with E-state index >= 15 is 0 Å². The molecule has 1 heterocycles. The molecule has 1 saturated carbocycles. The average molecular weight is 314 g/mol. The Morgan fingerprint density at radius 2 is 2.19 bits per heavy atom. The molecule has 1 aromatic carbocycles. The van der Waals surface area contributed by atoms with Crippen molar-refractivity contribution in [2.75, 3.05) is 6.61 Å². The molecule has 1 aliphatic rings. The number of halogens is 2. The molecular formula is C14H17ClFN3O2. The van der Waals surface area contributed by atoms with Gasteiger partial charge in [0.2, 0.25) is 0 Å². The van der Waals surface area contributed by atoms with Crippen LogP contribution in [-0.4, -0.2) is 16.7 Å². The molecule has 2 aromatic rings. The Balaban J connectivity index is 0.00000161. The van der Waals surface area contributed by atoms with Crippen molar-refractivity contribution in [2.45, 2.75) is 31.7 Å². The molecule has 1 fully saturated rings. The van der Waals surface area contributed by atoms with Gasteiger partial charge >= 0.3 is 0 Å². The van der Waals surface area contributed by atoms with E-state index in [2.05, 4.69) is 10.1 Å². The molecule has 0 radical (unpaired) electrons. The number of nitrogens with two attached hydrogens (primary N) is 1. The lowest BCUT2D eigenvalue weighted by Gasteiger charge is -2.34. The third-order valence-corrected chi connectivity index (χ3v) is 3.60. The molecule has 0 amide bonds. The second-order valence-electron chi connectivity index (χ2n) is 4.98. The second-order valence-corrected chi connectivity index (χ2v) is 4.98. The summed E-state index contributed by atoms with van der Waals surface area (Å²) in [5.74, 6) is 0.394. The van der Waals surface area contributed by atoms with Crippen LogP contribution >= 0.6 is 12.4 Å². The van der Waals surface area contributed by atoms with Gasteiger partial charge in [0.1, 0.15) is 0 Å². The third-order valence-electron chi connectivity index (χ3n) is 3.60. The topological polar surface area (TPSA) is 74.2 Å². The number of ether oxygens (including phenoxy) is 1. The van der Waals surface area contributed by atoms with Gasteiger partial charge in [-0.05, 0) is 38.3 Å². The van der Waals surface area contributed by atoms with Crippen molar-refractivity contribution in [3.63, 3.8) is 0 Å². The zero-order valence-electron chi connectivity index (χ0n) is 11.6. The highest BCUT2D eigenvalue weighted by molar-refractivity contribution is 5.85. The summed E-state index contributed by atoms with van der Waals surface area (Å²) in [5, 5.41) is 3.93. The maximum absolute atomic E-state index is 13.8. The quantitative estimate of drug-likeness (QED) is 0.939. The molecule has 3 rings (SSSR count). The fraction of sp³-hybridized carbons (Fsp3) is 0.429. The first-order valence-corrected chi connectivity index (χ1v) is 6.69. The Labute approximate surface area is 128 Å². The van der Waals surface area contributed by atoms with Crippen LogP contribution in [0.4, 0.5) is 4.39 Å². The predicted octanol–water partition coefficient (Wildman–Crippen LogP) is 3.03. The molecule has 0 bridgehead atoms. The average Bonchev–Trinajstić information content (AvgIpc) is 2.88. The lowest BCUT2D eigenvalue weighted by molar-refractivity contribution is 0.229. The van der Waals surface area contributed by atoms with Crippen molar-refractivity contribution in [2.24, 2.45) is 5.73 Å². The molecule has 2 N–H and O–H groups in total. The molecule has 1 aromatic heterocycles. The van der Waals surface area contributed by atoms with Gasteiger partial charge in [0, 0.05) is 0 Å². The number of nitrogens with zero attached hydrogens (tertiary/aromatic N) is 2. The number of aromatic nitrogens is 2. The molecule has 0 saturated heterocycles. The van der Waals surface area contributed by atoms with E-state index in [1.807, 2.05) is 0 Å². The largest absolute Gasteiger partial charge is 0.490 e. The van der Waals surface area contributed by atoms with Gasteiger partial charge in [-0.25, -0.2) is 4.39 Å². The van der Waals surface area contributed by atoms with E-state index in [4.69, 9.17) is 15.0 Å². The van der Waals surface area contributed by atoms with Crippen LogP contribution in [0.15, 0.2) is 22.7 Å². The van der Waals surface area contributed by atoms with E-state index in [1.54, 1.807) is 19.1 Å². The second kappa shape index (κ2) is 5.99. The van der Waals surface area contributed by atoms with Crippen molar-refractivity contribution in [3.05, 3.63) is 29.8 Å². The van der Waals surface area contributed by atoms with Gasteiger partial charge in [0.05, 0.1) is 17.7 Å². The molecule has 0 atom stereocenters. The molecule has 114 valence electrons. The fourth-order valence-corrected chi connectivity index (χ4v) is 2.28. The molecule has 5 nitrogen and oxygen atoms in total. The van der Waals surface area contributed by atoms with Gasteiger partial charge in [-0.3, -0.25) is 0 Å². The minimum absolute atomic E-state index is 0. The van der Waals surface area contributed by atoms with Gasteiger partial charge in [-0.1, -0.05) is 11.2 Å². The van der Waals surface area contributed by atoms with Crippen LogP contribution in [0.5, 0.6) is 5.75 Å². The zero-order valence-corrected chi connectivity index (χ0v) is 12.5. The first-order valence-electron chi connectivity index (χ1n) is 6.69. The highest BCUT2D eigenvalue weighted by atomic mass is 35.5.